The van der Waals surface area contributed by atoms with Gasteiger partial charge in [-0.1, -0.05) is 17.7 Å². The summed E-state index contributed by atoms with van der Waals surface area (Å²) >= 11 is 5.90. The number of aromatic carboxylic acids is 1. The number of anilines is 1. The number of piperazine rings is 1. The molecule has 1 N–H and O–H groups in total. The average Bonchev–Trinajstić information content (AvgIpc) is 3.13. The second-order valence-electron chi connectivity index (χ2n) is 11.0. The number of carbonyl (C=O) groups is 2. The number of aromatic nitrogens is 3. The van der Waals surface area contributed by atoms with Crippen LogP contribution in [-0.4, -0.2) is 61.6 Å². The summed E-state index contributed by atoms with van der Waals surface area (Å²) in [7, 11) is 1.88. The minimum Gasteiger partial charge on any atom is -0.478 e. The van der Waals surface area contributed by atoms with Crippen molar-refractivity contribution >= 4 is 40.3 Å². The fraction of sp³-hybridized carbons (Fsp3) is 0.333. The number of pyridine rings is 2. The quantitative estimate of drug-likeness (QED) is 0.338. The molecule has 1 amide bonds. The van der Waals surface area contributed by atoms with Crippen LogP contribution in [0.5, 0.6) is 0 Å². The molecule has 1 aromatic carbocycles. The molecule has 1 saturated heterocycles. The lowest BCUT2D eigenvalue weighted by Gasteiger charge is -2.47. The number of carboxylic acid groups (broad SMARTS) is 1. The van der Waals surface area contributed by atoms with Gasteiger partial charge in [0, 0.05) is 43.3 Å². The third-order valence-corrected chi connectivity index (χ3v) is 8.13. The molecule has 0 spiro atoms. The van der Waals surface area contributed by atoms with Crippen molar-refractivity contribution in [1.82, 2.24) is 19.4 Å². The zero-order valence-corrected chi connectivity index (χ0v) is 24.1. The molecule has 0 atom stereocenters. The molecule has 1 aliphatic heterocycles. The smallest absolute Gasteiger partial charge is 0.337 e. The van der Waals surface area contributed by atoms with Crippen molar-refractivity contribution in [2.45, 2.75) is 40.2 Å². The van der Waals surface area contributed by atoms with E-state index in [0.29, 0.717) is 53.6 Å². The van der Waals surface area contributed by atoms with Gasteiger partial charge in [-0.2, -0.15) is 0 Å². The molecule has 4 aromatic rings. The number of hydrogen-bond acceptors (Lipinski definition) is 5. The SMILES string of the molecule is Cc1cc(N2CCN(C(=O)c3ccc4c(-c5ccc(Cl)c(F)c5)c(C)n(C)c4n3)C(C)(C)C2)nc(C)c1C(=O)O. The van der Waals surface area contributed by atoms with Gasteiger partial charge in [0.15, 0.2) is 0 Å². The summed E-state index contributed by atoms with van der Waals surface area (Å²) in [5, 5.41) is 10.4. The molecular formula is C30H31ClFN5O3. The Balaban J connectivity index is 1.43. The molecule has 8 nitrogen and oxygen atoms in total. The number of amides is 1. The molecule has 208 valence electrons. The number of hydrogen-bond donors (Lipinski definition) is 1. The third kappa shape index (κ3) is 4.58. The standard InChI is InChI=1S/C30H31ClFN5O3/c1-16-13-24(33-17(2)25(16)29(39)40)36-11-12-37(30(4,5)15-36)28(38)23-10-8-20-26(18(3)35(6)27(20)34-23)19-7-9-21(31)22(32)14-19/h7-10,13-14H,11-12,15H2,1-6H3,(H,39,40). The molecule has 1 aliphatic rings. The molecule has 4 heterocycles. The van der Waals surface area contributed by atoms with Crippen molar-refractivity contribution in [3.05, 3.63) is 75.4 Å². The topological polar surface area (TPSA) is 91.6 Å². The van der Waals surface area contributed by atoms with Crippen LogP contribution in [-0.2, 0) is 7.05 Å². The second kappa shape index (κ2) is 9.89. The Kier molecular flexibility index (Phi) is 6.82. The third-order valence-electron chi connectivity index (χ3n) is 7.82. The summed E-state index contributed by atoms with van der Waals surface area (Å²) in [6.07, 6.45) is 0. The molecule has 10 heteroatoms. The predicted molar refractivity (Wildman–Crippen MR) is 154 cm³/mol. The summed E-state index contributed by atoms with van der Waals surface area (Å²) in [4.78, 5) is 38.6. The number of carboxylic acids is 1. The predicted octanol–water partition coefficient (Wildman–Crippen LogP) is 5.79. The molecule has 0 saturated carbocycles. The van der Waals surface area contributed by atoms with Crippen LogP contribution >= 0.6 is 11.6 Å². The van der Waals surface area contributed by atoms with Crippen LogP contribution in [0.2, 0.25) is 5.02 Å². The normalized spacial score (nSPS) is 15.1. The zero-order valence-electron chi connectivity index (χ0n) is 23.3. The molecule has 0 bridgehead atoms. The average molecular weight is 564 g/mol. The molecule has 0 unspecified atom stereocenters. The van der Waals surface area contributed by atoms with Gasteiger partial charge in [0.25, 0.3) is 5.91 Å². The molecule has 0 aliphatic carbocycles. The minimum atomic E-state index is -0.991. The van der Waals surface area contributed by atoms with Crippen molar-refractivity contribution in [2.75, 3.05) is 24.5 Å². The van der Waals surface area contributed by atoms with E-state index in [4.69, 9.17) is 16.6 Å². The minimum absolute atomic E-state index is 0.0636. The van der Waals surface area contributed by atoms with Crippen molar-refractivity contribution in [1.29, 1.82) is 0 Å². The van der Waals surface area contributed by atoms with Crippen molar-refractivity contribution in [3.63, 3.8) is 0 Å². The van der Waals surface area contributed by atoms with Gasteiger partial charge in [-0.15, -0.1) is 0 Å². The highest BCUT2D eigenvalue weighted by Crippen LogP contribution is 2.35. The van der Waals surface area contributed by atoms with E-state index in [0.717, 1.165) is 16.6 Å². The second-order valence-corrected chi connectivity index (χ2v) is 11.4. The molecular weight excluding hydrogens is 533 g/mol. The maximum Gasteiger partial charge on any atom is 0.337 e. The Hall–Kier alpha value is -3.98. The molecule has 0 radical (unpaired) electrons. The molecule has 5 rings (SSSR count). The number of aryl methyl sites for hydroxylation is 3. The van der Waals surface area contributed by atoms with Crippen LogP contribution in [0.3, 0.4) is 0 Å². The maximum absolute atomic E-state index is 14.2. The van der Waals surface area contributed by atoms with Crippen LogP contribution < -0.4 is 4.90 Å². The van der Waals surface area contributed by atoms with Crippen LogP contribution in [0.25, 0.3) is 22.2 Å². The summed E-state index contributed by atoms with van der Waals surface area (Å²) < 4.78 is 16.2. The lowest BCUT2D eigenvalue weighted by Crippen LogP contribution is -2.61. The molecule has 40 heavy (non-hydrogen) atoms. The monoisotopic (exact) mass is 563 g/mol. The lowest BCUT2D eigenvalue weighted by molar-refractivity contribution is 0.0507. The Morgan fingerprint density at radius 2 is 1.77 bits per heavy atom. The van der Waals surface area contributed by atoms with E-state index in [2.05, 4.69) is 9.88 Å². The van der Waals surface area contributed by atoms with Gasteiger partial charge in [-0.25, -0.2) is 19.2 Å². The maximum atomic E-state index is 14.2. The lowest BCUT2D eigenvalue weighted by atomic mass is 9.97. The van der Waals surface area contributed by atoms with E-state index in [1.807, 2.05) is 43.4 Å². The van der Waals surface area contributed by atoms with Gasteiger partial charge in [0.1, 0.15) is 23.0 Å². The van der Waals surface area contributed by atoms with Crippen LogP contribution in [0.4, 0.5) is 10.2 Å². The van der Waals surface area contributed by atoms with Gasteiger partial charge in [0.2, 0.25) is 0 Å². The number of carbonyl (C=O) groups excluding carboxylic acids is 1. The van der Waals surface area contributed by atoms with E-state index < -0.39 is 17.3 Å². The summed E-state index contributed by atoms with van der Waals surface area (Å²) in [6, 6.07) is 10.1. The summed E-state index contributed by atoms with van der Waals surface area (Å²) in [5.41, 5.74) is 4.21. The van der Waals surface area contributed by atoms with Crippen molar-refractivity contribution in [2.24, 2.45) is 7.05 Å². The number of rotatable bonds is 4. The highest BCUT2D eigenvalue weighted by atomic mass is 35.5. The summed E-state index contributed by atoms with van der Waals surface area (Å²) in [6.45, 7) is 10.9. The number of halogens is 2. The van der Waals surface area contributed by atoms with Gasteiger partial charge < -0.3 is 19.5 Å². The Morgan fingerprint density at radius 3 is 2.40 bits per heavy atom. The van der Waals surface area contributed by atoms with Gasteiger partial charge in [-0.3, -0.25) is 4.79 Å². The van der Waals surface area contributed by atoms with E-state index in [1.165, 1.54) is 12.1 Å². The van der Waals surface area contributed by atoms with E-state index in [1.54, 1.807) is 32.0 Å². The highest BCUT2D eigenvalue weighted by Gasteiger charge is 2.38. The first-order chi connectivity index (χ1) is 18.8. The van der Waals surface area contributed by atoms with Crippen LogP contribution in [0.1, 0.15) is 51.6 Å². The Labute approximate surface area is 237 Å². The van der Waals surface area contributed by atoms with Crippen LogP contribution in [0, 0.1) is 26.6 Å². The largest absolute Gasteiger partial charge is 0.478 e. The number of fused-ring (bicyclic) bond motifs is 1. The van der Waals surface area contributed by atoms with Gasteiger partial charge in [-0.05, 0) is 76.1 Å². The molecule has 1 fully saturated rings. The first kappa shape index (κ1) is 27.6. The van der Waals surface area contributed by atoms with Crippen molar-refractivity contribution in [3.8, 4) is 11.1 Å². The van der Waals surface area contributed by atoms with Gasteiger partial charge >= 0.3 is 5.97 Å². The van der Waals surface area contributed by atoms with E-state index in [-0.39, 0.29) is 16.5 Å². The van der Waals surface area contributed by atoms with Gasteiger partial charge in [0.05, 0.1) is 21.8 Å². The first-order valence-electron chi connectivity index (χ1n) is 13.0. The zero-order chi connectivity index (χ0) is 29.1. The van der Waals surface area contributed by atoms with E-state index >= 15 is 0 Å². The fourth-order valence-corrected chi connectivity index (χ4v) is 5.84. The molecule has 3 aromatic heterocycles. The number of benzene rings is 1. The summed E-state index contributed by atoms with van der Waals surface area (Å²) in [5.74, 6) is -0.957. The first-order valence-corrected chi connectivity index (χ1v) is 13.4. The fourth-order valence-electron chi connectivity index (χ4n) is 5.72. The Morgan fingerprint density at radius 1 is 1.05 bits per heavy atom. The van der Waals surface area contributed by atoms with Crippen molar-refractivity contribution < 1.29 is 19.1 Å². The Bertz CT molecular complexity index is 1670. The highest BCUT2D eigenvalue weighted by molar-refractivity contribution is 6.30. The number of nitrogens with zero attached hydrogens (tertiary/aromatic N) is 5. The van der Waals surface area contributed by atoms with Crippen LogP contribution in [0.15, 0.2) is 36.4 Å². The van der Waals surface area contributed by atoms with E-state index in [9.17, 15) is 19.1 Å².